The number of nitrogens with zero attached hydrogens (tertiary/aromatic N) is 3. The molecule has 2 N–H and O–H groups in total. The second-order valence-electron chi connectivity index (χ2n) is 8.06. The maximum atomic E-state index is 13.3. The van der Waals surface area contributed by atoms with E-state index >= 15 is 0 Å². The van der Waals surface area contributed by atoms with Crippen molar-refractivity contribution in [1.82, 2.24) is 15.4 Å². The molecule has 3 atom stereocenters. The second-order valence-corrected chi connectivity index (χ2v) is 8.06. The van der Waals surface area contributed by atoms with Gasteiger partial charge >= 0.3 is 0 Å². The standard InChI is InChI=1S/C23H28N4O4/c28-22(25-30)20-16-18(31-21-8-4-5-11-24-21)9-10-19(20)23(29)27-14-12-26(13-15-27)17-6-2-1-3-7-17/h1-8,11,18-20,30H,9-10,12-16H2,(H,25,28). The molecule has 4 rings (SSSR count). The molecule has 2 amide bonds. The van der Waals surface area contributed by atoms with Gasteiger partial charge in [0.25, 0.3) is 0 Å². The number of aromatic nitrogens is 1. The summed E-state index contributed by atoms with van der Waals surface area (Å²) in [7, 11) is 0. The van der Waals surface area contributed by atoms with E-state index in [0.29, 0.717) is 38.2 Å². The van der Waals surface area contributed by atoms with Crippen molar-refractivity contribution >= 4 is 17.5 Å². The Morgan fingerprint density at radius 1 is 0.968 bits per heavy atom. The smallest absolute Gasteiger partial charge is 0.247 e. The first-order valence-electron chi connectivity index (χ1n) is 10.8. The highest BCUT2D eigenvalue weighted by Gasteiger charge is 2.42. The second kappa shape index (κ2) is 9.78. The number of amides is 2. The van der Waals surface area contributed by atoms with Crippen LogP contribution in [0.15, 0.2) is 54.7 Å². The number of anilines is 1. The Labute approximate surface area is 181 Å². The van der Waals surface area contributed by atoms with Crippen LogP contribution in [0, 0.1) is 11.8 Å². The van der Waals surface area contributed by atoms with Crippen LogP contribution in [-0.4, -0.2) is 59.2 Å². The van der Waals surface area contributed by atoms with Gasteiger partial charge in [0.15, 0.2) is 0 Å². The van der Waals surface area contributed by atoms with Crippen LogP contribution in [0.2, 0.25) is 0 Å². The molecule has 1 aliphatic carbocycles. The van der Waals surface area contributed by atoms with E-state index in [1.165, 1.54) is 0 Å². The monoisotopic (exact) mass is 424 g/mol. The number of ether oxygens (including phenoxy) is 1. The SMILES string of the molecule is O=C(NO)C1CC(Oc2ccccn2)CCC1C(=O)N1CCN(c2ccccc2)CC1. The Kier molecular flexibility index (Phi) is 6.66. The Hall–Kier alpha value is -3.13. The molecule has 31 heavy (non-hydrogen) atoms. The van der Waals surface area contributed by atoms with E-state index in [2.05, 4.69) is 22.0 Å². The van der Waals surface area contributed by atoms with E-state index in [1.54, 1.807) is 17.7 Å². The normalized spacial score (nSPS) is 23.8. The van der Waals surface area contributed by atoms with Gasteiger partial charge in [0.2, 0.25) is 17.7 Å². The molecule has 8 nitrogen and oxygen atoms in total. The molecule has 8 heteroatoms. The molecular weight excluding hydrogens is 396 g/mol. The Bertz CT molecular complexity index is 872. The van der Waals surface area contributed by atoms with Crippen molar-refractivity contribution < 1.29 is 19.5 Å². The lowest BCUT2D eigenvalue weighted by atomic mass is 9.76. The molecule has 2 aliphatic rings. The zero-order valence-electron chi connectivity index (χ0n) is 17.4. The molecule has 1 saturated carbocycles. The van der Waals surface area contributed by atoms with Gasteiger partial charge in [0, 0.05) is 44.1 Å². The van der Waals surface area contributed by atoms with Gasteiger partial charge in [-0.3, -0.25) is 14.8 Å². The van der Waals surface area contributed by atoms with E-state index in [-0.39, 0.29) is 12.0 Å². The summed E-state index contributed by atoms with van der Waals surface area (Å²) in [6.45, 7) is 2.74. The molecule has 2 aromatic rings. The van der Waals surface area contributed by atoms with Crippen molar-refractivity contribution in [3.05, 3.63) is 54.7 Å². The maximum Gasteiger partial charge on any atom is 0.247 e. The lowest BCUT2D eigenvalue weighted by Gasteiger charge is -2.40. The van der Waals surface area contributed by atoms with Crippen LogP contribution in [0.25, 0.3) is 0 Å². The zero-order valence-corrected chi connectivity index (χ0v) is 17.4. The highest BCUT2D eigenvalue weighted by Crippen LogP contribution is 2.34. The van der Waals surface area contributed by atoms with E-state index in [1.807, 2.05) is 35.2 Å². The van der Waals surface area contributed by atoms with Crippen LogP contribution in [0.4, 0.5) is 5.69 Å². The number of piperazine rings is 1. The number of hydrogen-bond acceptors (Lipinski definition) is 6. The number of para-hydroxylation sites is 1. The number of pyridine rings is 1. The van der Waals surface area contributed by atoms with Crippen LogP contribution in [0.1, 0.15) is 19.3 Å². The summed E-state index contributed by atoms with van der Waals surface area (Å²) in [5.74, 6) is -1.14. The molecule has 1 aromatic heterocycles. The Morgan fingerprint density at radius 3 is 2.39 bits per heavy atom. The number of hydroxylamine groups is 1. The largest absolute Gasteiger partial charge is 0.474 e. The Balaban J connectivity index is 1.38. The van der Waals surface area contributed by atoms with Gasteiger partial charge in [0.05, 0.1) is 11.8 Å². The molecule has 0 radical (unpaired) electrons. The van der Waals surface area contributed by atoms with Crippen LogP contribution >= 0.6 is 0 Å². The van der Waals surface area contributed by atoms with Crippen molar-refractivity contribution in [2.45, 2.75) is 25.4 Å². The van der Waals surface area contributed by atoms with Gasteiger partial charge in [-0.25, -0.2) is 10.5 Å². The summed E-state index contributed by atoms with van der Waals surface area (Å²) in [6, 6.07) is 15.6. The first-order valence-corrected chi connectivity index (χ1v) is 10.8. The molecule has 0 bridgehead atoms. The van der Waals surface area contributed by atoms with Crippen molar-refractivity contribution in [3.63, 3.8) is 0 Å². The molecule has 1 saturated heterocycles. The fourth-order valence-electron chi connectivity index (χ4n) is 4.55. The van der Waals surface area contributed by atoms with Gasteiger partial charge in [0.1, 0.15) is 6.10 Å². The van der Waals surface area contributed by atoms with Gasteiger partial charge in [-0.15, -0.1) is 0 Å². The minimum absolute atomic E-state index is 0.0161. The number of carbonyl (C=O) groups is 2. The topological polar surface area (TPSA) is 95.0 Å². The molecule has 0 spiro atoms. The molecule has 164 valence electrons. The van der Waals surface area contributed by atoms with Crippen molar-refractivity contribution in [1.29, 1.82) is 0 Å². The van der Waals surface area contributed by atoms with E-state index < -0.39 is 17.7 Å². The molecule has 1 aliphatic heterocycles. The third-order valence-electron chi connectivity index (χ3n) is 6.20. The number of benzene rings is 1. The summed E-state index contributed by atoms with van der Waals surface area (Å²) < 4.78 is 5.91. The van der Waals surface area contributed by atoms with Gasteiger partial charge in [-0.2, -0.15) is 0 Å². The molecular formula is C23H28N4O4. The van der Waals surface area contributed by atoms with Crippen LogP contribution in [0.3, 0.4) is 0 Å². The first kappa shape index (κ1) is 21.1. The molecule has 1 aromatic carbocycles. The zero-order chi connectivity index (χ0) is 21.6. The highest BCUT2D eigenvalue weighted by molar-refractivity contribution is 5.87. The van der Waals surface area contributed by atoms with Crippen LogP contribution in [-0.2, 0) is 9.59 Å². The van der Waals surface area contributed by atoms with Crippen molar-refractivity contribution in [2.24, 2.45) is 11.8 Å². The maximum absolute atomic E-state index is 13.3. The van der Waals surface area contributed by atoms with Crippen molar-refractivity contribution in [2.75, 3.05) is 31.1 Å². The minimum Gasteiger partial charge on any atom is -0.474 e. The summed E-state index contributed by atoms with van der Waals surface area (Å²) in [5.41, 5.74) is 2.90. The average molecular weight is 425 g/mol. The third kappa shape index (κ3) is 4.96. The number of rotatable bonds is 5. The fraction of sp³-hybridized carbons (Fsp3) is 0.435. The van der Waals surface area contributed by atoms with Crippen LogP contribution in [0.5, 0.6) is 5.88 Å². The first-order chi connectivity index (χ1) is 15.2. The summed E-state index contributed by atoms with van der Waals surface area (Å²) in [4.78, 5) is 34.0. The predicted octanol–water partition coefficient (Wildman–Crippen LogP) is 2.10. The van der Waals surface area contributed by atoms with Crippen molar-refractivity contribution in [3.8, 4) is 5.88 Å². The van der Waals surface area contributed by atoms with E-state index in [4.69, 9.17) is 4.74 Å². The van der Waals surface area contributed by atoms with E-state index in [0.717, 1.165) is 18.8 Å². The molecule has 2 heterocycles. The number of hydrogen-bond donors (Lipinski definition) is 2. The van der Waals surface area contributed by atoms with E-state index in [9.17, 15) is 14.8 Å². The number of carbonyl (C=O) groups excluding carboxylic acids is 2. The van der Waals surface area contributed by atoms with Crippen LogP contribution < -0.4 is 15.1 Å². The molecule has 3 unspecified atom stereocenters. The van der Waals surface area contributed by atoms with Gasteiger partial charge in [-0.05, 0) is 37.5 Å². The summed E-state index contributed by atoms with van der Waals surface area (Å²) in [6.07, 6.45) is 2.98. The number of nitrogens with one attached hydrogen (secondary N) is 1. The molecule has 2 fully saturated rings. The quantitative estimate of drug-likeness (QED) is 0.564. The average Bonchev–Trinajstić information content (AvgIpc) is 2.84. The van der Waals surface area contributed by atoms with Gasteiger partial charge in [-0.1, -0.05) is 24.3 Å². The third-order valence-corrected chi connectivity index (χ3v) is 6.20. The Morgan fingerprint density at radius 2 is 1.71 bits per heavy atom. The lowest BCUT2D eigenvalue weighted by molar-refractivity contribution is -0.148. The highest BCUT2D eigenvalue weighted by atomic mass is 16.5. The van der Waals surface area contributed by atoms with Gasteiger partial charge < -0.3 is 14.5 Å². The lowest BCUT2D eigenvalue weighted by Crippen LogP contribution is -2.53. The summed E-state index contributed by atoms with van der Waals surface area (Å²) in [5, 5.41) is 9.25. The predicted molar refractivity (Wildman–Crippen MR) is 115 cm³/mol. The fourth-order valence-corrected chi connectivity index (χ4v) is 4.55. The summed E-state index contributed by atoms with van der Waals surface area (Å²) >= 11 is 0. The minimum atomic E-state index is -0.632.